The SMILES string of the molecule is Cc1nc(C)n(Cc2cccc(NC(=O)[C@@H]3[C@@H](C(=O)O)[C@H]4C=C[C@H]3C4)c2)n1. The highest BCUT2D eigenvalue weighted by Crippen LogP contribution is 2.48. The number of carbonyl (C=O) groups is 2. The van der Waals surface area contributed by atoms with Crippen molar-refractivity contribution < 1.29 is 14.7 Å². The maximum atomic E-state index is 12.8. The second-order valence-corrected chi connectivity index (χ2v) is 7.39. The Morgan fingerprint density at radius 3 is 2.63 bits per heavy atom. The van der Waals surface area contributed by atoms with Gasteiger partial charge in [-0.05, 0) is 49.8 Å². The van der Waals surface area contributed by atoms with E-state index in [2.05, 4.69) is 15.4 Å². The van der Waals surface area contributed by atoms with Crippen LogP contribution >= 0.6 is 0 Å². The molecule has 1 heterocycles. The number of aliphatic carboxylic acids is 1. The van der Waals surface area contributed by atoms with Crippen molar-refractivity contribution >= 4 is 17.6 Å². The van der Waals surface area contributed by atoms with E-state index in [1.165, 1.54) is 0 Å². The molecule has 140 valence electrons. The highest BCUT2D eigenvalue weighted by molar-refractivity contribution is 5.96. The van der Waals surface area contributed by atoms with Gasteiger partial charge < -0.3 is 10.4 Å². The standard InChI is InChI=1S/C20H22N4O3/c1-11-21-12(2)24(23-11)10-13-4-3-5-16(8-13)22-19(25)17-14-6-7-15(9-14)18(17)20(26)27/h3-8,14-15,17-18H,9-10H2,1-2H3,(H,22,25)(H,26,27)/t14-,15-,17-,18-/m0/s1. The van der Waals surface area contributed by atoms with Crippen molar-refractivity contribution in [3.8, 4) is 0 Å². The molecular weight excluding hydrogens is 344 g/mol. The Kier molecular flexibility index (Phi) is 4.30. The summed E-state index contributed by atoms with van der Waals surface area (Å²) in [5, 5.41) is 16.8. The van der Waals surface area contributed by atoms with E-state index in [9.17, 15) is 14.7 Å². The molecule has 7 heteroatoms. The Morgan fingerprint density at radius 1 is 1.22 bits per heavy atom. The van der Waals surface area contributed by atoms with Crippen LogP contribution in [0.25, 0.3) is 0 Å². The summed E-state index contributed by atoms with van der Waals surface area (Å²) in [5.41, 5.74) is 1.66. The van der Waals surface area contributed by atoms with Crippen LogP contribution in [0.5, 0.6) is 0 Å². The molecule has 1 aromatic carbocycles. The lowest BCUT2D eigenvalue weighted by Crippen LogP contribution is -2.36. The minimum absolute atomic E-state index is 0.0139. The normalized spacial score (nSPS) is 25.7. The number of aromatic nitrogens is 3. The number of carboxylic acid groups (broad SMARTS) is 1. The maximum absolute atomic E-state index is 12.8. The number of amides is 1. The molecule has 0 spiro atoms. The molecule has 4 rings (SSSR count). The predicted molar refractivity (Wildman–Crippen MR) is 99.0 cm³/mol. The van der Waals surface area contributed by atoms with Gasteiger partial charge in [0.1, 0.15) is 11.6 Å². The van der Waals surface area contributed by atoms with Crippen LogP contribution in [-0.2, 0) is 16.1 Å². The number of hydrogen-bond donors (Lipinski definition) is 2. The van der Waals surface area contributed by atoms with E-state index in [4.69, 9.17) is 0 Å². The van der Waals surface area contributed by atoms with Crippen LogP contribution < -0.4 is 5.32 Å². The van der Waals surface area contributed by atoms with E-state index < -0.39 is 17.8 Å². The molecule has 1 aromatic heterocycles. The molecule has 4 atom stereocenters. The summed E-state index contributed by atoms with van der Waals surface area (Å²) < 4.78 is 1.82. The van der Waals surface area contributed by atoms with Crippen molar-refractivity contribution in [1.82, 2.24) is 14.8 Å². The van der Waals surface area contributed by atoms with Gasteiger partial charge in [0.05, 0.1) is 18.4 Å². The maximum Gasteiger partial charge on any atom is 0.307 e. The van der Waals surface area contributed by atoms with Gasteiger partial charge in [-0.15, -0.1) is 0 Å². The lowest BCUT2D eigenvalue weighted by Gasteiger charge is -2.24. The molecular formula is C20H22N4O3. The lowest BCUT2D eigenvalue weighted by atomic mass is 9.82. The van der Waals surface area contributed by atoms with Gasteiger partial charge in [0.25, 0.3) is 0 Å². The molecule has 7 nitrogen and oxygen atoms in total. The van der Waals surface area contributed by atoms with Crippen LogP contribution in [-0.4, -0.2) is 31.7 Å². The quantitative estimate of drug-likeness (QED) is 0.792. The molecule has 0 unspecified atom stereocenters. The van der Waals surface area contributed by atoms with E-state index >= 15 is 0 Å². The molecule has 2 bridgehead atoms. The van der Waals surface area contributed by atoms with Crippen molar-refractivity contribution in [3.63, 3.8) is 0 Å². The number of rotatable bonds is 5. The molecule has 27 heavy (non-hydrogen) atoms. The predicted octanol–water partition coefficient (Wildman–Crippen LogP) is 2.40. The first-order valence-corrected chi connectivity index (χ1v) is 9.11. The van der Waals surface area contributed by atoms with Crippen molar-refractivity contribution in [1.29, 1.82) is 0 Å². The topological polar surface area (TPSA) is 97.1 Å². The monoisotopic (exact) mass is 366 g/mol. The fraction of sp³-hybridized carbons (Fsp3) is 0.400. The minimum Gasteiger partial charge on any atom is -0.481 e. The Morgan fingerprint density at radius 2 is 1.96 bits per heavy atom. The minimum atomic E-state index is -0.891. The zero-order valence-corrected chi connectivity index (χ0v) is 15.3. The van der Waals surface area contributed by atoms with Crippen molar-refractivity contribution in [2.24, 2.45) is 23.7 Å². The average molecular weight is 366 g/mol. The summed E-state index contributed by atoms with van der Waals surface area (Å²) in [4.78, 5) is 28.7. The van der Waals surface area contributed by atoms with Crippen molar-refractivity contribution in [2.45, 2.75) is 26.8 Å². The molecule has 0 aliphatic heterocycles. The van der Waals surface area contributed by atoms with Gasteiger partial charge in [0.15, 0.2) is 0 Å². The first kappa shape index (κ1) is 17.5. The van der Waals surface area contributed by atoms with Crippen LogP contribution in [0.2, 0.25) is 0 Å². The van der Waals surface area contributed by atoms with Crippen LogP contribution in [0.3, 0.4) is 0 Å². The van der Waals surface area contributed by atoms with E-state index in [0.717, 1.165) is 23.6 Å². The van der Waals surface area contributed by atoms with Gasteiger partial charge in [0, 0.05) is 5.69 Å². The second kappa shape index (κ2) is 6.64. The third kappa shape index (κ3) is 3.25. The Bertz CT molecular complexity index is 933. The Balaban J connectivity index is 1.50. The molecule has 2 aliphatic carbocycles. The highest BCUT2D eigenvalue weighted by atomic mass is 16.4. The van der Waals surface area contributed by atoms with Crippen LogP contribution in [0.1, 0.15) is 23.6 Å². The molecule has 1 amide bonds. The Labute approximate surface area is 157 Å². The van der Waals surface area contributed by atoms with Crippen LogP contribution in [0.4, 0.5) is 5.69 Å². The third-order valence-corrected chi connectivity index (χ3v) is 5.54. The number of carboxylic acids is 1. The van der Waals surface area contributed by atoms with E-state index in [0.29, 0.717) is 12.2 Å². The number of nitrogens with zero attached hydrogens (tertiary/aromatic N) is 3. The summed E-state index contributed by atoms with van der Waals surface area (Å²) in [6, 6.07) is 7.55. The molecule has 1 fully saturated rings. The fourth-order valence-electron chi connectivity index (χ4n) is 4.37. The number of benzene rings is 1. The van der Waals surface area contributed by atoms with E-state index in [1.807, 2.05) is 54.9 Å². The van der Waals surface area contributed by atoms with Crippen LogP contribution in [0, 0.1) is 37.5 Å². The summed E-state index contributed by atoms with van der Waals surface area (Å²) >= 11 is 0. The summed E-state index contributed by atoms with van der Waals surface area (Å²) in [5.74, 6) is -0.721. The molecule has 0 saturated heterocycles. The second-order valence-electron chi connectivity index (χ2n) is 7.39. The lowest BCUT2D eigenvalue weighted by molar-refractivity contribution is -0.146. The summed E-state index contributed by atoms with van der Waals surface area (Å²) in [7, 11) is 0. The first-order valence-electron chi connectivity index (χ1n) is 9.11. The zero-order valence-electron chi connectivity index (χ0n) is 15.3. The zero-order chi connectivity index (χ0) is 19.1. The Hall–Kier alpha value is -2.96. The molecule has 2 aromatic rings. The number of aryl methyl sites for hydroxylation is 2. The fourth-order valence-corrected chi connectivity index (χ4v) is 4.37. The van der Waals surface area contributed by atoms with Crippen molar-refractivity contribution in [2.75, 3.05) is 5.32 Å². The molecule has 1 saturated carbocycles. The van der Waals surface area contributed by atoms with E-state index in [-0.39, 0.29) is 17.7 Å². The molecule has 0 radical (unpaired) electrons. The van der Waals surface area contributed by atoms with Gasteiger partial charge in [-0.25, -0.2) is 9.67 Å². The number of fused-ring (bicyclic) bond motifs is 2. The van der Waals surface area contributed by atoms with E-state index in [1.54, 1.807) is 0 Å². The number of carbonyl (C=O) groups excluding carboxylic acids is 1. The number of nitrogens with one attached hydrogen (secondary N) is 1. The summed E-state index contributed by atoms with van der Waals surface area (Å²) in [6.07, 6.45) is 4.68. The number of hydrogen-bond acceptors (Lipinski definition) is 4. The molecule has 2 aliphatic rings. The van der Waals surface area contributed by atoms with Gasteiger partial charge in [-0.3, -0.25) is 9.59 Å². The number of allylic oxidation sites excluding steroid dienone is 2. The van der Waals surface area contributed by atoms with Gasteiger partial charge in [-0.1, -0.05) is 24.3 Å². The third-order valence-electron chi connectivity index (χ3n) is 5.54. The summed E-state index contributed by atoms with van der Waals surface area (Å²) in [6.45, 7) is 4.31. The van der Waals surface area contributed by atoms with Crippen molar-refractivity contribution in [3.05, 3.63) is 53.6 Å². The van der Waals surface area contributed by atoms with Crippen LogP contribution in [0.15, 0.2) is 36.4 Å². The number of anilines is 1. The van der Waals surface area contributed by atoms with Gasteiger partial charge >= 0.3 is 5.97 Å². The highest BCUT2D eigenvalue weighted by Gasteiger charge is 2.51. The largest absolute Gasteiger partial charge is 0.481 e. The average Bonchev–Trinajstić information content (AvgIpc) is 3.30. The van der Waals surface area contributed by atoms with Gasteiger partial charge in [-0.2, -0.15) is 5.10 Å². The molecule has 2 N–H and O–H groups in total. The smallest absolute Gasteiger partial charge is 0.307 e. The first-order chi connectivity index (χ1) is 12.9. The van der Waals surface area contributed by atoms with Gasteiger partial charge in [0.2, 0.25) is 5.91 Å².